The minimum absolute atomic E-state index is 0.239. The number of pyridine rings is 1. The summed E-state index contributed by atoms with van der Waals surface area (Å²) in [6.07, 6.45) is 9.59. The molecule has 2 rings (SSSR count). The molecule has 0 aromatic carbocycles. The molecule has 0 unspecified atom stereocenters. The zero-order valence-electron chi connectivity index (χ0n) is 14.4. The van der Waals surface area contributed by atoms with Gasteiger partial charge in [-0.25, -0.2) is 0 Å². The lowest BCUT2D eigenvalue weighted by molar-refractivity contribution is 0.598. The van der Waals surface area contributed by atoms with Crippen LogP contribution in [-0.4, -0.2) is 41.2 Å². The van der Waals surface area contributed by atoms with Crippen LogP contribution in [0.4, 0.5) is 0 Å². The molecule has 1 aromatic heterocycles. The molecule has 134 valence electrons. The fraction of sp³-hybridized carbons (Fsp3) is 0.438. The normalized spacial score (nSPS) is 16.5. The Balaban J connectivity index is 2.36. The third-order valence-electron chi connectivity index (χ3n) is 4.25. The van der Waals surface area contributed by atoms with E-state index in [0.29, 0.717) is 10.2 Å². The molecule has 1 aliphatic rings. The molecule has 0 bridgehead atoms. The van der Waals surface area contributed by atoms with Crippen molar-refractivity contribution in [3.05, 3.63) is 30.1 Å². The average molecular weight is 378 g/mol. The molecule has 1 heterocycles. The highest BCUT2D eigenvalue weighted by Crippen LogP contribution is 2.41. The number of hydrogen-bond acceptors (Lipinski definition) is 5. The van der Waals surface area contributed by atoms with Gasteiger partial charge in [0.25, 0.3) is 0 Å². The Kier molecular flexibility index (Phi) is 7.20. The van der Waals surface area contributed by atoms with Crippen LogP contribution in [0.15, 0.2) is 34.7 Å². The highest BCUT2D eigenvalue weighted by Gasteiger charge is 2.40. The van der Waals surface area contributed by atoms with Gasteiger partial charge in [0.15, 0.2) is 10.2 Å². The minimum Gasteiger partial charge on any atom is -0.364 e. The van der Waals surface area contributed by atoms with Crippen molar-refractivity contribution in [3.63, 3.8) is 0 Å². The monoisotopic (exact) mass is 377 g/mol. The summed E-state index contributed by atoms with van der Waals surface area (Å²) in [5.41, 5.74) is 7.34. The van der Waals surface area contributed by atoms with Crippen LogP contribution >= 0.6 is 24.4 Å². The lowest BCUT2D eigenvalue weighted by Gasteiger charge is -2.29. The summed E-state index contributed by atoms with van der Waals surface area (Å²) in [5, 5.41) is 15.3. The van der Waals surface area contributed by atoms with Crippen LogP contribution in [0.1, 0.15) is 31.2 Å². The van der Waals surface area contributed by atoms with Crippen LogP contribution < -0.4 is 21.5 Å². The molecule has 0 radical (unpaired) electrons. The third-order valence-corrected chi connectivity index (χ3v) is 4.84. The second kappa shape index (κ2) is 9.38. The second-order valence-corrected chi connectivity index (χ2v) is 6.48. The molecular formula is C16H23N7S2. The van der Waals surface area contributed by atoms with Gasteiger partial charge in [0, 0.05) is 31.9 Å². The van der Waals surface area contributed by atoms with Crippen molar-refractivity contribution in [2.75, 3.05) is 14.1 Å². The van der Waals surface area contributed by atoms with E-state index in [-0.39, 0.29) is 5.41 Å². The Bertz CT molecular complexity index is 652. The predicted octanol–water partition coefficient (Wildman–Crippen LogP) is 1.42. The molecule has 0 atom stereocenters. The van der Waals surface area contributed by atoms with Gasteiger partial charge in [0.2, 0.25) is 0 Å². The van der Waals surface area contributed by atoms with Crippen molar-refractivity contribution in [1.29, 1.82) is 0 Å². The first-order valence-corrected chi connectivity index (χ1v) is 8.91. The fourth-order valence-corrected chi connectivity index (χ4v) is 3.05. The molecule has 0 saturated heterocycles. The summed E-state index contributed by atoms with van der Waals surface area (Å²) in [5.74, 6) is 0. The lowest BCUT2D eigenvalue weighted by Crippen LogP contribution is -2.39. The molecule has 1 fully saturated rings. The largest absolute Gasteiger partial charge is 0.364 e. The van der Waals surface area contributed by atoms with Crippen molar-refractivity contribution in [1.82, 2.24) is 26.5 Å². The van der Waals surface area contributed by atoms with E-state index in [2.05, 4.69) is 42.7 Å². The van der Waals surface area contributed by atoms with Gasteiger partial charge < -0.3 is 10.6 Å². The summed E-state index contributed by atoms with van der Waals surface area (Å²) >= 11 is 10.2. The number of nitrogens with zero attached hydrogens (tertiary/aromatic N) is 3. The summed E-state index contributed by atoms with van der Waals surface area (Å²) in [7, 11) is 3.48. The van der Waals surface area contributed by atoms with Crippen LogP contribution in [0.3, 0.4) is 0 Å². The number of rotatable bonds is 5. The van der Waals surface area contributed by atoms with Gasteiger partial charge in [0.1, 0.15) is 0 Å². The van der Waals surface area contributed by atoms with E-state index < -0.39 is 0 Å². The zero-order valence-corrected chi connectivity index (χ0v) is 16.0. The maximum Gasteiger partial charge on any atom is 0.186 e. The summed E-state index contributed by atoms with van der Waals surface area (Å²) in [6.45, 7) is 0. The molecule has 1 aliphatic carbocycles. The smallest absolute Gasteiger partial charge is 0.186 e. The van der Waals surface area contributed by atoms with Gasteiger partial charge in [-0.2, -0.15) is 10.2 Å². The molecule has 9 heteroatoms. The molecule has 0 spiro atoms. The van der Waals surface area contributed by atoms with Crippen molar-refractivity contribution in [2.45, 2.75) is 31.1 Å². The molecule has 0 aliphatic heterocycles. The van der Waals surface area contributed by atoms with Crippen molar-refractivity contribution in [3.8, 4) is 0 Å². The minimum atomic E-state index is -0.239. The van der Waals surface area contributed by atoms with Crippen LogP contribution in [0.2, 0.25) is 0 Å². The van der Waals surface area contributed by atoms with Gasteiger partial charge >= 0.3 is 0 Å². The summed E-state index contributed by atoms with van der Waals surface area (Å²) in [4.78, 5) is 4.29. The highest BCUT2D eigenvalue weighted by atomic mass is 32.1. The Hall–Kier alpha value is -2.13. The Morgan fingerprint density at radius 1 is 1.16 bits per heavy atom. The van der Waals surface area contributed by atoms with Gasteiger partial charge in [-0.3, -0.25) is 15.8 Å². The maximum absolute atomic E-state index is 5.14. The Morgan fingerprint density at radius 3 is 2.44 bits per heavy atom. The van der Waals surface area contributed by atoms with Crippen molar-refractivity contribution < 1.29 is 0 Å². The van der Waals surface area contributed by atoms with E-state index >= 15 is 0 Å². The van der Waals surface area contributed by atoms with Gasteiger partial charge in [0.05, 0.1) is 11.9 Å². The SMILES string of the molecule is CNC(=S)N/N=C(\C=N\NC(=S)NC)C1(c2cccnc2)CCCC1. The maximum atomic E-state index is 5.14. The fourth-order valence-electron chi connectivity index (χ4n) is 2.95. The van der Waals surface area contributed by atoms with Crippen LogP contribution in [0.5, 0.6) is 0 Å². The van der Waals surface area contributed by atoms with Crippen molar-refractivity contribution >= 4 is 46.6 Å². The molecule has 25 heavy (non-hydrogen) atoms. The van der Waals surface area contributed by atoms with Gasteiger partial charge in [-0.05, 0) is 48.9 Å². The molecule has 0 amide bonds. The Labute approximate surface area is 158 Å². The first-order valence-electron chi connectivity index (χ1n) is 8.09. The number of thiocarbonyl (C=S) groups is 2. The first kappa shape index (κ1) is 19.2. The van der Waals surface area contributed by atoms with E-state index in [1.165, 1.54) is 0 Å². The van der Waals surface area contributed by atoms with E-state index in [0.717, 1.165) is 37.0 Å². The molecular weight excluding hydrogens is 354 g/mol. The molecule has 1 aromatic rings. The van der Waals surface area contributed by atoms with Crippen LogP contribution in [-0.2, 0) is 5.41 Å². The molecule has 4 N–H and O–H groups in total. The third kappa shape index (κ3) is 4.93. The molecule has 7 nitrogen and oxygen atoms in total. The number of hydrazone groups is 2. The topological polar surface area (TPSA) is 85.7 Å². The van der Waals surface area contributed by atoms with E-state index in [9.17, 15) is 0 Å². The van der Waals surface area contributed by atoms with Gasteiger partial charge in [-0.15, -0.1) is 0 Å². The second-order valence-electron chi connectivity index (χ2n) is 5.67. The van der Waals surface area contributed by atoms with E-state index in [1.54, 1.807) is 26.5 Å². The standard InChI is InChI=1S/C16H23N7S2/c1-17-14(24)22-20-11-13(21-23-15(25)18-2)16(7-3-4-8-16)12-6-5-9-19-10-12/h5-6,9-11H,3-4,7-8H2,1-2H3,(H2,17,22,24)(H2,18,23,25)/b20-11+,21-13+. The van der Waals surface area contributed by atoms with Crippen LogP contribution in [0, 0.1) is 0 Å². The van der Waals surface area contributed by atoms with Crippen molar-refractivity contribution in [2.24, 2.45) is 10.2 Å². The predicted molar refractivity (Wildman–Crippen MR) is 110 cm³/mol. The molecule has 1 saturated carbocycles. The zero-order chi connectivity index (χ0) is 18.1. The van der Waals surface area contributed by atoms with Crippen LogP contribution in [0.25, 0.3) is 0 Å². The highest BCUT2D eigenvalue weighted by molar-refractivity contribution is 7.80. The first-order chi connectivity index (χ1) is 12.1. The summed E-state index contributed by atoms with van der Waals surface area (Å²) < 4.78 is 0. The lowest BCUT2D eigenvalue weighted by atomic mass is 9.75. The average Bonchev–Trinajstić information content (AvgIpc) is 3.15. The quantitative estimate of drug-likeness (QED) is 0.351. The number of aromatic nitrogens is 1. The number of nitrogens with one attached hydrogen (secondary N) is 4. The number of hydrogen-bond donors (Lipinski definition) is 4. The summed E-state index contributed by atoms with van der Waals surface area (Å²) in [6, 6.07) is 4.04. The van der Waals surface area contributed by atoms with E-state index in [4.69, 9.17) is 24.4 Å². The van der Waals surface area contributed by atoms with Gasteiger partial charge in [-0.1, -0.05) is 18.9 Å². The van der Waals surface area contributed by atoms with E-state index in [1.807, 2.05) is 12.3 Å². The Morgan fingerprint density at radius 2 is 1.84 bits per heavy atom.